The van der Waals surface area contributed by atoms with E-state index in [0.29, 0.717) is 0 Å². The van der Waals surface area contributed by atoms with Gasteiger partial charge >= 0.3 is 0 Å². The first-order chi connectivity index (χ1) is 12.7. The molecule has 5 nitrogen and oxygen atoms in total. The van der Waals surface area contributed by atoms with Gasteiger partial charge in [-0.05, 0) is 31.4 Å². The number of piperazine rings is 1. The smallest absolute Gasteiger partial charge is 0.272 e. The van der Waals surface area contributed by atoms with Crippen molar-refractivity contribution in [3.63, 3.8) is 0 Å². The van der Waals surface area contributed by atoms with Crippen LogP contribution in [0.4, 0.5) is 5.69 Å². The summed E-state index contributed by atoms with van der Waals surface area (Å²) >= 11 is 0. The highest BCUT2D eigenvalue weighted by Crippen LogP contribution is 2.18. The molecule has 0 saturated carbocycles. The van der Waals surface area contributed by atoms with Gasteiger partial charge in [-0.3, -0.25) is 10.1 Å². The lowest BCUT2D eigenvalue weighted by atomic mass is 10.1. The van der Waals surface area contributed by atoms with Crippen molar-refractivity contribution >= 4 is 5.69 Å². The van der Waals surface area contributed by atoms with Crippen molar-refractivity contribution in [2.75, 3.05) is 39.3 Å². The summed E-state index contributed by atoms with van der Waals surface area (Å²) in [6, 6.07) is 17.7. The Hall–Kier alpha value is -2.24. The molecule has 3 rings (SSSR count). The number of aryl methyl sites for hydroxylation is 1. The van der Waals surface area contributed by atoms with Crippen molar-refractivity contribution in [3.8, 4) is 0 Å². The molecule has 0 bridgehead atoms. The molecule has 0 N–H and O–H groups in total. The standard InChI is InChI=1S/C21H27N3O2/c25-24(26)21-11-5-4-10-20(21)12-14-23-17-15-22(16-18-23)13-6-9-19-7-2-1-3-8-19/h1-5,7-8,10-11H,6,9,12-18H2. The van der Waals surface area contributed by atoms with Crippen molar-refractivity contribution in [1.29, 1.82) is 0 Å². The molecular weight excluding hydrogens is 326 g/mol. The molecule has 0 aromatic heterocycles. The minimum atomic E-state index is -0.278. The Morgan fingerprint density at radius 3 is 2.12 bits per heavy atom. The van der Waals surface area contributed by atoms with Gasteiger partial charge in [0.2, 0.25) is 0 Å². The Labute approximate surface area is 155 Å². The van der Waals surface area contributed by atoms with Crippen LogP contribution in [0, 0.1) is 10.1 Å². The average Bonchev–Trinajstić information content (AvgIpc) is 2.68. The lowest BCUT2D eigenvalue weighted by Gasteiger charge is -2.34. The molecule has 0 radical (unpaired) electrons. The second-order valence-corrected chi connectivity index (χ2v) is 6.91. The minimum Gasteiger partial charge on any atom is -0.301 e. The summed E-state index contributed by atoms with van der Waals surface area (Å²) < 4.78 is 0. The van der Waals surface area contributed by atoms with Crippen molar-refractivity contribution in [2.45, 2.75) is 19.3 Å². The van der Waals surface area contributed by atoms with Gasteiger partial charge in [-0.1, -0.05) is 48.5 Å². The van der Waals surface area contributed by atoms with Gasteiger partial charge in [-0.25, -0.2) is 0 Å². The maximum Gasteiger partial charge on any atom is 0.272 e. The molecule has 138 valence electrons. The molecular formula is C21H27N3O2. The van der Waals surface area contributed by atoms with E-state index in [9.17, 15) is 10.1 Å². The fraction of sp³-hybridized carbons (Fsp3) is 0.429. The van der Waals surface area contributed by atoms with E-state index in [4.69, 9.17) is 0 Å². The van der Waals surface area contributed by atoms with Crippen LogP contribution in [0.15, 0.2) is 54.6 Å². The molecule has 1 aliphatic rings. The maximum absolute atomic E-state index is 11.1. The fourth-order valence-corrected chi connectivity index (χ4v) is 3.57. The second-order valence-electron chi connectivity index (χ2n) is 6.91. The zero-order chi connectivity index (χ0) is 18.2. The molecule has 0 amide bonds. The van der Waals surface area contributed by atoms with Crippen molar-refractivity contribution in [3.05, 3.63) is 75.8 Å². The molecule has 2 aromatic rings. The SMILES string of the molecule is O=[N+]([O-])c1ccccc1CCN1CCN(CCCc2ccccc2)CC1. The number of hydrogen-bond donors (Lipinski definition) is 0. The van der Waals surface area contributed by atoms with Crippen LogP contribution in [-0.4, -0.2) is 54.0 Å². The normalized spacial score (nSPS) is 15.8. The Kier molecular flexibility index (Phi) is 6.75. The predicted molar refractivity (Wildman–Crippen MR) is 104 cm³/mol. The topological polar surface area (TPSA) is 49.6 Å². The number of rotatable bonds is 8. The summed E-state index contributed by atoms with van der Waals surface area (Å²) in [5.41, 5.74) is 2.49. The van der Waals surface area contributed by atoms with E-state index in [1.54, 1.807) is 12.1 Å². The first-order valence-electron chi connectivity index (χ1n) is 9.43. The van der Waals surface area contributed by atoms with Crippen LogP contribution in [0.2, 0.25) is 0 Å². The van der Waals surface area contributed by atoms with Gasteiger partial charge in [-0.15, -0.1) is 0 Å². The first kappa shape index (κ1) is 18.5. The molecule has 0 unspecified atom stereocenters. The third-order valence-corrected chi connectivity index (χ3v) is 5.13. The van der Waals surface area contributed by atoms with Gasteiger partial charge in [0, 0.05) is 44.4 Å². The third-order valence-electron chi connectivity index (χ3n) is 5.13. The highest BCUT2D eigenvalue weighted by atomic mass is 16.6. The largest absolute Gasteiger partial charge is 0.301 e. The lowest BCUT2D eigenvalue weighted by Crippen LogP contribution is -2.47. The average molecular weight is 353 g/mol. The summed E-state index contributed by atoms with van der Waals surface area (Å²) in [5.74, 6) is 0. The van der Waals surface area contributed by atoms with Crippen molar-refractivity contribution < 1.29 is 4.92 Å². The lowest BCUT2D eigenvalue weighted by molar-refractivity contribution is -0.385. The zero-order valence-corrected chi connectivity index (χ0v) is 15.2. The molecule has 1 aliphatic heterocycles. The molecule has 1 heterocycles. The van der Waals surface area contributed by atoms with Gasteiger partial charge in [0.1, 0.15) is 0 Å². The van der Waals surface area contributed by atoms with Crippen molar-refractivity contribution in [1.82, 2.24) is 9.80 Å². The second kappa shape index (κ2) is 9.46. The number of benzene rings is 2. The Balaban J connectivity index is 1.37. The van der Waals surface area contributed by atoms with Gasteiger partial charge in [0.05, 0.1) is 4.92 Å². The van der Waals surface area contributed by atoms with Crippen LogP contribution in [-0.2, 0) is 12.8 Å². The van der Waals surface area contributed by atoms with Crippen LogP contribution in [0.3, 0.4) is 0 Å². The molecule has 1 saturated heterocycles. The maximum atomic E-state index is 11.1. The highest BCUT2D eigenvalue weighted by molar-refractivity contribution is 5.39. The number of hydrogen-bond acceptors (Lipinski definition) is 4. The van der Waals surface area contributed by atoms with Crippen LogP contribution in [0.1, 0.15) is 17.5 Å². The minimum absolute atomic E-state index is 0.243. The Bertz CT molecular complexity index is 697. The molecule has 0 aliphatic carbocycles. The number of nitro groups is 1. The monoisotopic (exact) mass is 353 g/mol. The molecule has 2 aromatic carbocycles. The van der Waals surface area contributed by atoms with Gasteiger partial charge in [0.25, 0.3) is 5.69 Å². The van der Waals surface area contributed by atoms with Gasteiger partial charge < -0.3 is 9.80 Å². The predicted octanol–water partition coefficient (Wildman–Crippen LogP) is 3.39. The number of nitro benzene ring substituents is 1. The Morgan fingerprint density at radius 2 is 1.42 bits per heavy atom. The highest BCUT2D eigenvalue weighted by Gasteiger charge is 2.18. The van der Waals surface area contributed by atoms with Gasteiger partial charge in [0.15, 0.2) is 0 Å². The number of nitrogens with zero attached hydrogens (tertiary/aromatic N) is 3. The number of para-hydroxylation sites is 1. The third kappa shape index (κ3) is 5.38. The molecule has 0 spiro atoms. The summed E-state index contributed by atoms with van der Waals surface area (Å²) in [6.07, 6.45) is 3.07. The molecule has 5 heteroatoms. The summed E-state index contributed by atoms with van der Waals surface area (Å²) in [7, 11) is 0. The van der Waals surface area contributed by atoms with E-state index in [2.05, 4.69) is 40.1 Å². The summed E-state index contributed by atoms with van der Waals surface area (Å²) in [4.78, 5) is 15.8. The van der Waals surface area contributed by atoms with Gasteiger partial charge in [-0.2, -0.15) is 0 Å². The fourth-order valence-electron chi connectivity index (χ4n) is 3.57. The van der Waals surface area contributed by atoms with Crippen molar-refractivity contribution in [2.24, 2.45) is 0 Å². The zero-order valence-electron chi connectivity index (χ0n) is 15.2. The Morgan fingerprint density at radius 1 is 0.808 bits per heavy atom. The van der Waals surface area contributed by atoms with Crippen LogP contribution in [0.25, 0.3) is 0 Å². The molecule has 26 heavy (non-hydrogen) atoms. The summed E-state index contributed by atoms with van der Waals surface area (Å²) in [5, 5.41) is 11.1. The first-order valence-corrected chi connectivity index (χ1v) is 9.43. The van der Waals surface area contributed by atoms with E-state index in [1.807, 2.05) is 12.1 Å². The van der Waals surface area contributed by atoms with Crippen LogP contribution < -0.4 is 0 Å². The van der Waals surface area contributed by atoms with E-state index < -0.39 is 0 Å². The van der Waals surface area contributed by atoms with Crippen LogP contribution in [0.5, 0.6) is 0 Å². The van der Waals surface area contributed by atoms with E-state index >= 15 is 0 Å². The van der Waals surface area contributed by atoms with E-state index in [-0.39, 0.29) is 10.6 Å². The van der Waals surface area contributed by atoms with E-state index in [1.165, 1.54) is 12.0 Å². The van der Waals surface area contributed by atoms with E-state index in [0.717, 1.165) is 57.7 Å². The quantitative estimate of drug-likeness (QED) is 0.539. The summed E-state index contributed by atoms with van der Waals surface area (Å²) in [6.45, 7) is 6.31. The molecule has 0 atom stereocenters. The molecule has 1 fully saturated rings. The van der Waals surface area contributed by atoms with Crippen LogP contribution >= 0.6 is 0 Å².